The number of hydrogen-bond acceptors (Lipinski definition) is 3. The molecule has 16 heavy (non-hydrogen) atoms. The average molecular weight is 242 g/mol. The maximum Gasteiger partial charge on any atom is 0.287 e. The Bertz CT molecular complexity index is 426. The summed E-state index contributed by atoms with van der Waals surface area (Å²) in [7, 11) is 0. The molecule has 0 aliphatic heterocycles. The van der Waals surface area contributed by atoms with Crippen LogP contribution in [0, 0.1) is 12.7 Å². The van der Waals surface area contributed by atoms with Gasteiger partial charge < -0.3 is 4.98 Å². The highest BCUT2D eigenvalue weighted by molar-refractivity contribution is 7.99. The molecule has 0 amide bonds. The van der Waals surface area contributed by atoms with Gasteiger partial charge in [-0.25, -0.2) is 4.98 Å². The van der Waals surface area contributed by atoms with Gasteiger partial charge in [-0.15, -0.1) is 0 Å². The fourth-order valence-electron chi connectivity index (χ4n) is 1.95. The Hall–Kier alpha value is -0.840. The van der Waals surface area contributed by atoms with Crippen molar-refractivity contribution >= 4 is 11.8 Å². The highest BCUT2D eigenvalue weighted by Gasteiger charge is 2.16. The van der Waals surface area contributed by atoms with Crippen LogP contribution in [-0.4, -0.2) is 15.2 Å². The molecule has 5 heteroatoms. The van der Waals surface area contributed by atoms with Gasteiger partial charge >= 0.3 is 0 Å². The van der Waals surface area contributed by atoms with Crippen molar-refractivity contribution in [3.63, 3.8) is 0 Å². The molecule has 1 saturated carbocycles. The Labute approximate surface area is 97.9 Å². The molecule has 1 aliphatic carbocycles. The number of aryl methyl sites for hydroxylation is 1. The van der Waals surface area contributed by atoms with Crippen molar-refractivity contribution in [2.24, 2.45) is 0 Å². The lowest BCUT2D eigenvalue weighted by Crippen LogP contribution is -2.17. The number of aromatic nitrogens is 2. The number of nitrogens with one attached hydrogen (secondary N) is 1. The molecule has 0 bridgehead atoms. The SMILES string of the molecule is Cc1nc(CSC2CCCC2)[nH]c(=O)c1F. The van der Waals surface area contributed by atoms with E-state index < -0.39 is 11.4 Å². The summed E-state index contributed by atoms with van der Waals surface area (Å²) in [5, 5.41) is 0.677. The van der Waals surface area contributed by atoms with Crippen LogP contribution in [0.3, 0.4) is 0 Å². The summed E-state index contributed by atoms with van der Waals surface area (Å²) in [4.78, 5) is 17.7. The lowest BCUT2D eigenvalue weighted by atomic mass is 10.4. The van der Waals surface area contributed by atoms with E-state index >= 15 is 0 Å². The van der Waals surface area contributed by atoms with Gasteiger partial charge in [0.15, 0.2) is 0 Å². The zero-order chi connectivity index (χ0) is 11.5. The van der Waals surface area contributed by atoms with Gasteiger partial charge in [0.1, 0.15) is 5.82 Å². The van der Waals surface area contributed by atoms with E-state index in [1.807, 2.05) is 0 Å². The van der Waals surface area contributed by atoms with E-state index in [0.29, 0.717) is 16.8 Å². The van der Waals surface area contributed by atoms with Crippen molar-refractivity contribution < 1.29 is 4.39 Å². The molecular formula is C11H15FN2OS. The van der Waals surface area contributed by atoms with Crippen LogP contribution >= 0.6 is 11.8 Å². The number of hydrogen-bond donors (Lipinski definition) is 1. The number of thioether (sulfide) groups is 1. The minimum Gasteiger partial charge on any atom is -0.307 e. The molecule has 0 radical (unpaired) electrons. The Morgan fingerprint density at radius 2 is 2.19 bits per heavy atom. The van der Waals surface area contributed by atoms with Crippen molar-refractivity contribution in [3.8, 4) is 0 Å². The summed E-state index contributed by atoms with van der Waals surface area (Å²) < 4.78 is 13.0. The molecule has 2 rings (SSSR count). The van der Waals surface area contributed by atoms with E-state index in [1.165, 1.54) is 32.6 Å². The van der Waals surface area contributed by atoms with Gasteiger partial charge in [0.2, 0.25) is 5.82 Å². The van der Waals surface area contributed by atoms with Crippen LogP contribution in [0.15, 0.2) is 4.79 Å². The number of halogens is 1. The van der Waals surface area contributed by atoms with Crippen LogP contribution in [-0.2, 0) is 5.75 Å². The molecule has 1 heterocycles. The smallest absolute Gasteiger partial charge is 0.287 e. The van der Waals surface area contributed by atoms with Crippen LogP contribution in [0.4, 0.5) is 4.39 Å². The fourth-order valence-corrected chi connectivity index (χ4v) is 3.15. The van der Waals surface area contributed by atoms with Crippen LogP contribution in [0.5, 0.6) is 0 Å². The van der Waals surface area contributed by atoms with E-state index in [4.69, 9.17) is 0 Å². The third-order valence-corrected chi connectivity index (χ3v) is 4.22. The molecule has 0 spiro atoms. The van der Waals surface area contributed by atoms with Gasteiger partial charge in [0, 0.05) is 5.25 Å². The second kappa shape index (κ2) is 4.99. The Balaban J connectivity index is 2.01. The molecule has 1 aliphatic rings. The minimum absolute atomic E-state index is 0.186. The van der Waals surface area contributed by atoms with E-state index in [-0.39, 0.29) is 5.69 Å². The topological polar surface area (TPSA) is 45.8 Å². The van der Waals surface area contributed by atoms with Crippen molar-refractivity contribution in [1.82, 2.24) is 9.97 Å². The van der Waals surface area contributed by atoms with Gasteiger partial charge in [-0.2, -0.15) is 16.2 Å². The molecular weight excluding hydrogens is 227 g/mol. The van der Waals surface area contributed by atoms with E-state index in [0.717, 1.165) is 0 Å². The molecule has 88 valence electrons. The van der Waals surface area contributed by atoms with Crippen molar-refractivity contribution in [1.29, 1.82) is 0 Å². The molecule has 0 atom stereocenters. The standard InChI is InChI=1S/C11H15FN2OS/c1-7-10(12)11(15)14-9(13-7)6-16-8-4-2-3-5-8/h8H,2-6H2,1H3,(H,13,14,15). The molecule has 0 aromatic carbocycles. The maximum absolute atomic E-state index is 13.0. The monoisotopic (exact) mass is 242 g/mol. The van der Waals surface area contributed by atoms with E-state index in [9.17, 15) is 9.18 Å². The van der Waals surface area contributed by atoms with Crippen molar-refractivity contribution in [3.05, 3.63) is 27.7 Å². The first kappa shape index (κ1) is 11.6. The Morgan fingerprint density at radius 3 is 2.81 bits per heavy atom. The lowest BCUT2D eigenvalue weighted by Gasteiger charge is -2.08. The summed E-state index contributed by atoms with van der Waals surface area (Å²) in [5.74, 6) is 0.483. The average Bonchev–Trinajstić information content (AvgIpc) is 2.75. The predicted molar refractivity (Wildman–Crippen MR) is 63.1 cm³/mol. The highest BCUT2D eigenvalue weighted by Crippen LogP contribution is 2.30. The number of aromatic amines is 1. The third-order valence-electron chi connectivity index (χ3n) is 2.84. The summed E-state index contributed by atoms with van der Waals surface area (Å²) in [6.45, 7) is 1.52. The highest BCUT2D eigenvalue weighted by atomic mass is 32.2. The number of H-pyrrole nitrogens is 1. The second-order valence-corrected chi connectivity index (χ2v) is 5.42. The van der Waals surface area contributed by atoms with Gasteiger partial charge in [-0.1, -0.05) is 12.8 Å². The summed E-state index contributed by atoms with van der Waals surface area (Å²) in [5.41, 5.74) is -0.472. The molecule has 1 N–H and O–H groups in total. The zero-order valence-electron chi connectivity index (χ0n) is 9.25. The van der Waals surface area contributed by atoms with Crippen LogP contribution < -0.4 is 5.56 Å². The first-order valence-electron chi connectivity index (χ1n) is 5.53. The van der Waals surface area contributed by atoms with Gasteiger partial charge in [-0.3, -0.25) is 4.79 Å². The Kier molecular flexibility index (Phi) is 3.63. The van der Waals surface area contributed by atoms with Gasteiger partial charge in [0.25, 0.3) is 5.56 Å². The van der Waals surface area contributed by atoms with Crippen LogP contribution in [0.1, 0.15) is 37.2 Å². The molecule has 1 fully saturated rings. The van der Waals surface area contributed by atoms with Crippen LogP contribution in [0.2, 0.25) is 0 Å². The second-order valence-electron chi connectivity index (χ2n) is 4.13. The number of rotatable bonds is 3. The van der Waals surface area contributed by atoms with E-state index in [1.54, 1.807) is 11.8 Å². The zero-order valence-corrected chi connectivity index (χ0v) is 10.1. The van der Waals surface area contributed by atoms with Gasteiger partial charge in [-0.05, 0) is 19.8 Å². The predicted octanol–water partition coefficient (Wildman–Crippen LogP) is 2.39. The van der Waals surface area contributed by atoms with Crippen LogP contribution in [0.25, 0.3) is 0 Å². The summed E-state index contributed by atoms with van der Waals surface area (Å²) in [6.07, 6.45) is 5.08. The van der Waals surface area contributed by atoms with Gasteiger partial charge in [0.05, 0.1) is 11.4 Å². The largest absolute Gasteiger partial charge is 0.307 e. The number of nitrogens with zero attached hydrogens (tertiary/aromatic N) is 1. The minimum atomic E-state index is -0.769. The first-order valence-corrected chi connectivity index (χ1v) is 6.58. The summed E-state index contributed by atoms with van der Waals surface area (Å²) >= 11 is 1.81. The summed E-state index contributed by atoms with van der Waals surface area (Å²) in [6, 6.07) is 0. The third kappa shape index (κ3) is 2.64. The quantitative estimate of drug-likeness (QED) is 0.885. The molecule has 3 nitrogen and oxygen atoms in total. The first-order chi connectivity index (χ1) is 7.66. The Morgan fingerprint density at radius 1 is 1.50 bits per heavy atom. The fraction of sp³-hybridized carbons (Fsp3) is 0.636. The van der Waals surface area contributed by atoms with Crippen molar-refractivity contribution in [2.45, 2.75) is 43.6 Å². The normalized spacial score (nSPS) is 16.9. The molecule has 0 unspecified atom stereocenters. The van der Waals surface area contributed by atoms with E-state index in [2.05, 4.69) is 9.97 Å². The molecule has 1 aromatic heterocycles. The maximum atomic E-state index is 13.0. The van der Waals surface area contributed by atoms with Crippen molar-refractivity contribution in [2.75, 3.05) is 0 Å². The molecule has 0 saturated heterocycles. The molecule has 1 aromatic rings. The lowest BCUT2D eigenvalue weighted by molar-refractivity contribution is 0.584.